The summed E-state index contributed by atoms with van der Waals surface area (Å²) in [6, 6.07) is 4.54. The van der Waals surface area contributed by atoms with Crippen LogP contribution in [0.5, 0.6) is 0 Å². The van der Waals surface area contributed by atoms with Gasteiger partial charge in [0, 0.05) is 24.5 Å². The Hall–Kier alpha value is -0.740. The average Bonchev–Trinajstić information content (AvgIpc) is 2.29. The molecule has 1 aromatic heterocycles. The van der Waals surface area contributed by atoms with Gasteiger partial charge in [0.25, 0.3) is 0 Å². The number of thioether (sulfide) groups is 1. The van der Waals surface area contributed by atoms with Crippen LogP contribution in [0.4, 0.5) is 5.82 Å². The molecule has 1 unspecified atom stereocenters. The molecule has 0 aromatic carbocycles. The van der Waals surface area contributed by atoms with E-state index in [0.717, 1.165) is 6.54 Å². The first kappa shape index (κ1) is 13.3. The van der Waals surface area contributed by atoms with E-state index >= 15 is 0 Å². The van der Waals surface area contributed by atoms with Gasteiger partial charge in [-0.05, 0) is 31.4 Å². The third-order valence-electron chi connectivity index (χ3n) is 2.73. The highest BCUT2D eigenvalue weighted by Crippen LogP contribution is 2.12. The van der Waals surface area contributed by atoms with Crippen LogP contribution in [-0.4, -0.2) is 35.0 Å². The Kier molecular flexibility index (Phi) is 5.63. The normalized spacial score (nSPS) is 13.0. The molecule has 4 heteroatoms. The van der Waals surface area contributed by atoms with Crippen LogP contribution in [0.15, 0.2) is 18.3 Å². The van der Waals surface area contributed by atoms with Gasteiger partial charge in [0.1, 0.15) is 5.82 Å². The fraction of sp³-hybridized carbons (Fsp3) is 0.583. The largest absolute Gasteiger partial charge is 0.384 e. The second kappa shape index (κ2) is 6.76. The molecular formula is C12H21N3S. The van der Waals surface area contributed by atoms with Crippen LogP contribution >= 0.6 is 11.8 Å². The molecular weight excluding hydrogens is 218 g/mol. The van der Waals surface area contributed by atoms with Crippen molar-refractivity contribution in [2.75, 3.05) is 24.8 Å². The highest BCUT2D eigenvalue weighted by atomic mass is 32.2. The van der Waals surface area contributed by atoms with Gasteiger partial charge >= 0.3 is 0 Å². The summed E-state index contributed by atoms with van der Waals surface area (Å²) in [4.78, 5) is 6.49. The number of nitrogens with zero attached hydrogens (tertiary/aromatic N) is 2. The van der Waals surface area contributed by atoms with Crippen molar-refractivity contribution in [2.24, 2.45) is 0 Å². The number of nitrogen functional groups attached to an aromatic ring is 1. The molecule has 0 aliphatic rings. The molecule has 2 N–H and O–H groups in total. The van der Waals surface area contributed by atoms with E-state index in [4.69, 9.17) is 5.73 Å². The molecule has 3 nitrogen and oxygen atoms in total. The predicted molar refractivity (Wildman–Crippen MR) is 72.6 cm³/mol. The van der Waals surface area contributed by atoms with Crippen molar-refractivity contribution >= 4 is 17.6 Å². The van der Waals surface area contributed by atoms with Crippen molar-refractivity contribution in [3.05, 3.63) is 23.9 Å². The fourth-order valence-corrected chi connectivity index (χ4v) is 2.57. The van der Waals surface area contributed by atoms with Gasteiger partial charge in [-0.1, -0.05) is 13.0 Å². The van der Waals surface area contributed by atoms with E-state index in [2.05, 4.69) is 30.1 Å². The van der Waals surface area contributed by atoms with Crippen LogP contribution in [0.3, 0.4) is 0 Å². The number of pyridine rings is 1. The van der Waals surface area contributed by atoms with Gasteiger partial charge in [0.15, 0.2) is 0 Å². The standard InChI is InChI=1S/C12H21N3S/c1-4-11(9-16-3)15(2)8-10-5-6-12(13)14-7-10/h5-7,11H,4,8-9H2,1-3H3,(H2,13,14). The minimum Gasteiger partial charge on any atom is -0.384 e. The molecule has 16 heavy (non-hydrogen) atoms. The molecule has 1 atom stereocenters. The Labute approximate surface area is 102 Å². The molecule has 0 saturated heterocycles. The van der Waals surface area contributed by atoms with E-state index in [1.165, 1.54) is 17.7 Å². The van der Waals surface area contributed by atoms with E-state index in [0.29, 0.717) is 11.9 Å². The average molecular weight is 239 g/mol. The number of anilines is 1. The van der Waals surface area contributed by atoms with E-state index in [-0.39, 0.29) is 0 Å². The first-order chi connectivity index (χ1) is 7.67. The highest BCUT2D eigenvalue weighted by Gasteiger charge is 2.12. The summed E-state index contributed by atoms with van der Waals surface area (Å²) in [5, 5.41) is 0. The third kappa shape index (κ3) is 4.02. The molecule has 0 fully saturated rings. The van der Waals surface area contributed by atoms with E-state index in [9.17, 15) is 0 Å². The molecule has 0 spiro atoms. The quantitative estimate of drug-likeness (QED) is 0.826. The van der Waals surface area contributed by atoms with Crippen LogP contribution in [0.25, 0.3) is 0 Å². The molecule has 0 aliphatic carbocycles. The first-order valence-corrected chi connectivity index (χ1v) is 6.96. The number of hydrogen-bond donors (Lipinski definition) is 1. The number of aromatic nitrogens is 1. The maximum atomic E-state index is 5.56. The zero-order valence-corrected chi connectivity index (χ0v) is 11.1. The highest BCUT2D eigenvalue weighted by molar-refractivity contribution is 7.98. The molecule has 0 saturated carbocycles. The number of nitrogens with two attached hydrogens (primary N) is 1. The molecule has 1 rings (SSSR count). The molecule has 1 heterocycles. The van der Waals surface area contributed by atoms with Gasteiger partial charge in [0.2, 0.25) is 0 Å². The monoisotopic (exact) mass is 239 g/mol. The summed E-state index contributed by atoms with van der Waals surface area (Å²) >= 11 is 1.90. The van der Waals surface area contributed by atoms with Crippen molar-refractivity contribution in [2.45, 2.75) is 25.9 Å². The van der Waals surface area contributed by atoms with Crippen molar-refractivity contribution in [1.29, 1.82) is 0 Å². The van der Waals surface area contributed by atoms with Crippen LogP contribution < -0.4 is 5.73 Å². The molecule has 0 radical (unpaired) electrons. The van der Waals surface area contributed by atoms with Crippen molar-refractivity contribution < 1.29 is 0 Å². The summed E-state index contributed by atoms with van der Waals surface area (Å²) in [5.74, 6) is 1.76. The molecule has 90 valence electrons. The van der Waals surface area contributed by atoms with Crippen molar-refractivity contribution in [3.8, 4) is 0 Å². The predicted octanol–water partition coefficient (Wildman–Crippen LogP) is 2.24. The van der Waals surface area contributed by atoms with Crippen LogP contribution in [0.2, 0.25) is 0 Å². The third-order valence-corrected chi connectivity index (χ3v) is 3.45. The molecule has 0 amide bonds. The summed E-state index contributed by atoms with van der Waals surface area (Å²) < 4.78 is 0. The lowest BCUT2D eigenvalue weighted by Crippen LogP contribution is -2.32. The summed E-state index contributed by atoms with van der Waals surface area (Å²) in [6.07, 6.45) is 5.19. The zero-order chi connectivity index (χ0) is 12.0. The van der Waals surface area contributed by atoms with Gasteiger partial charge in [-0.2, -0.15) is 11.8 Å². The Morgan fingerprint density at radius 2 is 2.25 bits per heavy atom. The van der Waals surface area contributed by atoms with Gasteiger partial charge in [0.05, 0.1) is 0 Å². The lowest BCUT2D eigenvalue weighted by Gasteiger charge is -2.26. The topological polar surface area (TPSA) is 42.1 Å². The SMILES string of the molecule is CCC(CSC)N(C)Cc1ccc(N)nc1. The fourth-order valence-electron chi connectivity index (χ4n) is 1.70. The first-order valence-electron chi connectivity index (χ1n) is 5.57. The lowest BCUT2D eigenvalue weighted by atomic mass is 10.2. The van der Waals surface area contributed by atoms with E-state index < -0.39 is 0 Å². The van der Waals surface area contributed by atoms with Crippen molar-refractivity contribution in [3.63, 3.8) is 0 Å². The molecule has 0 aliphatic heterocycles. The Balaban J connectivity index is 2.55. The van der Waals surface area contributed by atoms with Crippen molar-refractivity contribution in [1.82, 2.24) is 9.88 Å². The smallest absolute Gasteiger partial charge is 0.123 e. The number of hydrogen-bond acceptors (Lipinski definition) is 4. The van der Waals surface area contributed by atoms with E-state index in [1.807, 2.05) is 30.1 Å². The van der Waals surface area contributed by atoms with Gasteiger partial charge in [-0.25, -0.2) is 4.98 Å². The van der Waals surface area contributed by atoms with Crippen LogP contribution in [-0.2, 0) is 6.54 Å². The van der Waals surface area contributed by atoms with Gasteiger partial charge < -0.3 is 5.73 Å². The summed E-state index contributed by atoms with van der Waals surface area (Å²) in [6.45, 7) is 3.17. The second-order valence-corrected chi connectivity index (χ2v) is 4.93. The van der Waals surface area contributed by atoms with Gasteiger partial charge in [-0.3, -0.25) is 4.90 Å². The van der Waals surface area contributed by atoms with E-state index in [1.54, 1.807) is 0 Å². The zero-order valence-electron chi connectivity index (χ0n) is 10.3. The Bertz CT molecular complexity index is 300. The Morgan fingerprint density at radius 3 is 2.75 bits per heavy atom. The minimum atomic E-state index is 0.586. The Morgan fingerprint density at radius 1 is 1.50 bits per heavy atom. The minimum absolute atomic E-state index is 0.586. The lowest BCUT2D eigenvalue weighted by molar-refractivity contribution is 0.247. The van der Waals surface area contributed by atoms with Crippen LogP contribution in [0.1, 0.15) is 18.9 Å². The maximum Gasteiger partial charge on any atom is 0.123 e. The maximum absolute atomic E-state index is 5.56. The van der Waals surface area contributed by atoms with Gasteiger partial charge in [-0.15, -0.1) is 0 Å². The van der Waals surface area contributed by atoms with Crippen LogP contribution in [0, 0.1) is 0 Å². The summed E-state index contributed by atoms with van der Waals surface area (Å²) in [7, 11) is 2.17. The summed E-state index contributed by atoms with van der Waals surface area (Å²) in [5.41, 5.74) is 6.78. The second-order valence-electron chi connectivity index (χ2n) is 4.02. The molecule has 1 aromatic rings. The number of rotatable bonds is 6. The molecule has 0 bridgehead atoms.